The Kier molecular flexibility index (Phi) is 3.16. The lowest BCUT2D eigenvalue weighted by atomic mass is 10.1. The van der Waals surface area contributed by atoms with Crippen molar-refractivity contribution in [2.24, 2.45) is 0 Å². The summed E-state index contributed by atoms with van der Waals surface area (Å²) in [7, 11) is 1.37. The van der Waals surface area contributed by atoms with Crippen LogP contribution in [0.15, 0.2) is 18.3 Å². The molecule has 3 heterocycles. The van der Waals surface area contributed by atoms with Gasteiger partial charge in [0.1, 0.15) is 5.82 Å². The minimum atomic E-state index is -0.359. The third-order valence-electron chi connectivity index (χ3n) is 3.47. The van der Waals surface area contributed by atoms with E-state index >= 15 is 0 Å². The van der Waals surface area contributed by atoms with Gasteiger partial charge < -0.3 is 14.5 Å². The minimum Gasteiger partial charge on any atom is -0.465 e. The molecule has 1 atom stereocenters. The van der Waals surface area contributed by atoms with E-state index in [-0.39, 0.29) is 5.97 Å². The fraction of sp³-hybridized carbons (Fsp3) is 0.385. The van der Waals surface area contributed by atoms with Crippen molar-refractivity contribution >= 4 is 23.1 Å². The van der Waals surface area contributed by atoms with E-state index in [1.165, 1.54) is 7.11 Å². The number of rotatable bonds is 2. The molecular formula is C13H14ClN3O2. The van der Waals surface area contributed by atoms with Gasteiger partial charge in [0.05, 0.1) is 18.2 Å². The summed E-state index contributed by atoms with van der Waals surface area (Å²) >= 11 is 6.15. The Hall–Kier alpha value is -1.59. The molecular weight excluding hydrogens is 266 g/mol. The maximum atomic E-state index is 11.6. The van der Waals surface area contributed by atoms with E-state index in [0.717, 1.165) is 30.9 Å². The van der Waals surface area contributed by atoms with Crippen LogP contribution < -0.4 is 5.32 Å². The Labute approximate surface area is 115 Å². The van der Waals surface area contributed by atoms with Crippen LogP contribution in [-0.4, -0.2) is 35.6 Å². The van der Waals surface area contributed by atoms with Gasteiger partial charge in [0.25, 0.3) is 0 Å². The molecule has 6 heteroatoms. The highest BCUT2D eigenvalue weighted by molar-refractivity contribution is 6.32. The molecule has 0 amide bonds. The van der Waals surface area contributed by atoms with Crippen molar-refractivity contribution in [2.45, 2.75) is 12.3 Å². The first-order chi connectivity index (χ1) is 9.20. The van der Waals surface area contributed by atoms with Crippen LogP contribution in [0.3, 0.4) is 0 Å². The van der Waals surface area contributed by atoms with Gasteiger partial charge in [-0.3, -0.25) is 0 Å². The maximum absolute atomic E-state index is 11.6. The standard InChI is InChI=1S/C13H14ClN3O2/c1-19-13(18)9-2-3-10-11(14)16-12(17(10)7-9)8-4-5-15-6-8/h2-3,7-8,15H,4-6H2,1H3. The van der Waals surface area contributed by atoms with E-state index in [2.05, 4.69) is 10.3 Å². The topological polar surface area (TPSA) is 55.6 Å². The van der Waals surface area contributed by atoms with Crippen molar-refractivity contribution in [3.05, 3.63) is 34.9 Å². The number of nitrogens with one attached hydrogen (secondary N) is 1. The number of nitrogens with zero attached hydrogens (tertiary/aromatic N) is 2. The number of pyridine rings is 1. The van der Waals surface area contributed by atoms with E-state index in [1.54, 1.807) is 18.3 Å². The van der Waals surface area contributed by atoms with Crippen LogP contribution in [0, 0.1) is 0 Å². The Balaban J connectivity index is 2.13. The Morgan fingerprint density at radius 3 is 3.11 bits per heavy atom. The molecule has 100 valence electrons. The van der Waals surface area contributed by atoms with Crippen LogP contribution in [0.4, 0.5) is 0 Å². The molecule has 1 aliphatic rings. The molecule has 0 spiro atoms. The molecule has 3 rings (SSSR count). The SMILES string of the molecule is COC(=O)c1ccc2c(Cl)nc(C3CCNC3)n2c1. The lowest BCUT2D eigenvalue weighted by Gasteiger charge is -2.08. The first kappa shape index (κ1) is 12.4. The maximum Gasteiger partial charge on any atom is 0.339 e. The average Bonchev–Trinajstić information content (AvgIpc) is 3.06. The van der Waals surface area contributed by atoms with E-state index in [1.807, 2.05) is 4.40 Å². The number of hydrogen-bond acceptors (Lipinski definition) is 4. The van der Waals surface area contributed by atoms with Crippen LogP contribution in [-0.2, 0) is 4.74 Å². The van der Waals surface area contributed by atoms with Crippen molar-refractivity contribution in [2.75, 3.05) is 20.2 Å². The fourth-order valence-electron chi connectivity index (χ4n) is 2.47. The quantitative estimate of drug-likeness (QED) is 0.853. The highest BCUT2D eigenvalue weighted by atomic mass is 35.5. The third kappa shape index (κ3) is 2.09. The van der Waals surface area contributed by atoms with Crippen LogP contribution in [0.2, 0.25) is 5.15 Å². The van der Waals surface area contributed by atoms with Crippen LogP contribution in [0.25, 0.3) is 5.52 Å². The molecule has 0 bridgehead atoms. The lowest BCUT2D eigenvalue weighted by Crippen LogP contribution is -2.11. The molecule has 1 fully saturated rings. The summed E-state index contributed by atoms with van der Waals surface area (Å²) in [4.78, 5) is 16.0. The number of fused-ring (bicyclic) bond motifs is 1. The zero-order valence-electron chi connectivity index (χ0n) is 10.5. The van der Waals surface area contributed by atoms with E-state index in [4.69, 9.17) is 16.3 Å². The molecule has 0 aromatic carbocycles. The molecule has 1 N–H and O–H groups in total. The molecule has 1 aliphatic heterocycles. The number of ether oxygens (including phenoxy) is 1. The van der Waals surface area contributed by atoms with E-state index < -0.39 is 0 Å². The summed E-state index contributed by atoms with van der Waals surface area (Å²) in [6.07, 6.45) is 2.77. The molecule has 5 nitrogen and oxygen atoms in total. The zero-order valence-corrected chi connectivity index (χ0v) is 11.3. The summed E-state index contributed by atoms with van der Waals surface area (Å²) in [5, 5.41) is 3.78. The lowest BCUT2D eigenvalue weighted by molar-refractivity contribution is 0.0600. The number of imidazole rings is 1. The van der Waals surface area contributed by atoms with E-state index in [0.29, 0.717) is 16.6 Å². The zero-order chi connectivity index (χ0) is 13.4. The normalized spacial score (nSPS) is 18.9. The second-order valence-electron chi connectivity index (χ2n) is 4.62. The minimum absolute atomic E-state index is 0.327. The van der Waals surface area contributed by atoms with Crippen molar-refractivity contribution in [1.82, 2.24) is 14.7 Å². The van der Waals surface area contributed by atoms with Gasteiger partial charge in [-0.15, -0.1) is 0 Å². The van der Waals surface area contributed by atoms with Crippen molar-refractivity contribution in [3.8, 4) is 0 Å². The van der Waals surface area contributed by atoms with Crippen molar-refractivity contribution in [3.63, 3.8) is 0 Å². The Bertz CT molecular complexity index is 632. The second kappa shape index (κ2) is 4.83. The molecule has 0 saturated carbocycles. The molecule has 1 unspecified atom stereocenters. The summed E-state index contributed by atoms with van der Waals surface area (Å²) in [6.45, 7) is 1.87. The van der Waals surface area contributed by atoms with E-state index in [9.17, 15) is 4.79 Å². The predicted molar refractivity (Wildman–Crippen MR) is 71.8 cm³/mol. The van der Waals surface area contributed by atoms with Gasteiger partial charge in [0.15, 0.2) is 5.15 Å². The number of carbonyl (C=O) groups is 1. The number of aromatic nitrogens is 2. The second-order valence-corrected chi connectivity index (χ2v) is 4.97. The van der Waals surface area contributed by atoms with Gasteiger partial charge in [-0.25, -0.2) is 9.78 Å². The molecule has 1 saturated heterocycles. The average molecular weight is 280 g/mol. The number of halogens is 1. The highest BCUT2D eigenvalue weighted by Crippen LogP contribution is 2.27. The summed E-state index contributed by atoms with van der Waals surface area (Å²) in [5.41, 5.74) is 1.31. The number of methoxy groups -OCH3 is 1. The largest absolute Gasteiger partial charge is 0.465 e. The van der Waals surface area contributed by atoms with Gasteiger partial charge in [-0.2, -0.15) is 0 Å². The first-order valence-electron chi connectivity index (χ1n) is 6.17. The van der Waals surface area contributed by atoms with Crippen LogP contribution in [0.1, 0.15) is 28.5 Å². The molecule has 2 aromatic rings. The van der Waals surface area contributed by atoms with Crippen molar-refractivity contribution < 1.29 is 9.53 Å². The molecule has 2 aromatic heterocycles. The van der Waals surface area contributed by atoms with Gasteiger partial charge in [0, 0.05) is 18.7 Å². The summed E-state index contributed by atoms with van der Waals surface area (Å²) < 4.78 is 6.63. The summed E-state index contributed by atoms with van der Waals surface area (Å²) in [6, 6.07) is 3.50. The predicted octanol–water partition coefficient (Wildman–Crippen LogP) is 1.85. The number of esters is 1. The van der Waals surface area contributed by atoms with Crippen LogP contribution >= 0.6 is 11.6 Å². The fourth-order valence-corrected chi connectivity index (χ4v) is 2.71. The first-order valence-corrected chi connectivity index (χ1v) is 6.55. The van der Waals surface area contributed by atoms with Gasteiger partial charge in [-0.05, 0) is 25.1 Å². The number of carbonyl (C=O) groups excluding carboxylic acids is 1. The molecule has 0 aliphatic carbocycles. The number of hydrogen-bond donors (Lipinski definition) is 1. The van der Waals surface area contributed by atoms with Crippen LogP contribution in [0.5, 0.6) is 0 Å². The third-order valence-corrected chi connectivity index (χ3v) is 3.74. The smallest absolute Gasteiger partial charge is 0.339 e. The Morgan fingerprint density at radius 1 is 1.58 bits per heavy atom. The highest BCUT2D eigenvalue weighted by Gasteiger charge is 2.23. The molecule has 19 heavy (non-hydrogen) atoms. The Morgan fingerprint density at radius 2 is 2.42 bits per heavy atom. The van der Waals surface area contributed by atoms with Gasteiger partial charge >= 0.3 is 5.97 Å². The summed E-state index contributed by atoms with van der Waals surface area (Å²) in [5.74, 6) is 0.867. The molecule has 0 radical (unpaired) electrons. The monoisotopic (exact) mass is 279 g/mol. The van der Waals surface area contributed by atoms with Gasteiger partial charge in [-0.1, -0.05) is 11.6 Å². The van der Waals surface area contributed by atoms with Gasteiger partial charge in [0.2, 0.25) is 0 Å². The van der Waals surface area contributed by atoms with Crippen molar-refractivity contribution in [1.29, 1.82) is 0 Å².